The Bertz CT molecular complexity index is 790. The van der Waals surface area contributed by atoms with Crippen LogP contribution in [0.4, 0.5) is 5.69 Å². The average molecular weight is 380 g/mol. The Morgan fingerprint density at radius 1 is 1.08 bits per heavy atom. The summed E-state index contributed by atoms with van der Waals surface area (Å²) in [4.78, 5) is 12.1. The maximum absolute atomic E-state index is 12.3. The van der Waals surface area contributed by atoms with E-state index in [-0.39, 0.29) is 16.7 Å². The second kappa shape index (κ2) is 9.03. The molecule has 0 aromatic heterocycles. The molecule has 1 amide bonds. The van der Waals surface area contributed by atoms with Gasteiger partial charge in [-0.25, -0.2) is 0 Å². The summed E-state index contributed by atoms with van der Waals surface area (Å²) in [6.45, 7) is 0. The van der Waals surface area contributed by atoms with Gasteiger partial charge in [0, 0.05) is 17.4 Å². The minimum absolute atomic E-state index is 0.150. The van der Waals surface area contributed by atoms with E-state index in [0.717, 1.165) is 12.8 Å². The highest BCUT2D eigenvalue weighted by molar-refractivity contribution is 7.85. The molecular weight excluding hydrogens is 358 g/mol. The van der Waals surface area contributed by atoms with Crippen molar-refractivity contribution in [3.63, 3.8) is 0 Å². The van der Waals surface area contributed by atoms with Crippen molar-refractivity contribution in [2.24, 2.45) is 5.92 Å². The van der Waals surface area contributed by atoms with E-state index in [1.54, 1.807) is 0 Å². The smallest absolute Gasteiger partial charge is 0.294 e. The average Bonchev–Trinajstić information content (AvgIpc) is 2.59. The minimum atomic E-state index is -4.23. The second-order valence-electron chi connectivity index (χ2n) is 5.75. The van der Waals surface area contributed by atoms with Crippen LogP contribution < -0.4 is 5.32 Å². The van der Waals surface area contributed by atoms with Gasteiger partial charge >= 0.3 is 0 Å². The van der Waals surface area contributed by atoms with Crippen LogP contribution in [0.3, 0.4) is 0 Å². The summed E-state index contributed by atoms with van der Waals surface area (Å²) in [5.41, 5.74) is 1.72. The maximum atomic E-state index is 12.3. The third kappa shape index (κ3) is 6.19. The lowest BCUT2D eigenvalue weighted by atomic mass is 10.00. The molecular formula is C18H21NO4S2. The Kier molecular flexibility index (Phi) is 7.04. The molecule has 5 nitrogen and oxygen atoms in total. The zero-order valence-corrected chi connectivity index (χ0v) is 15.3. The fourth-order valence-corrected chi connectivity index (χ4v) is 3.29. The van der Waals surface area contributed by atoms with Crippen LogP contribution in [-0.2, 0) is 21.3 Å². The molecule has 2 aromatic rings. The van der Waals surface area contributed by atoms with Crippen molar-refractivity contribution < 1.29 is 17.8 Å². The molecule has 25 heavy (non-hydrogen) atoms. The third-order valence-electron chi connectivity index (χ3n) is 3.87. The zero-order chi connectivity index (χ0) is 18.3. The SMILES string of the molecule is O=C(Nc1ccc(S(=O)(=O)O)cc1)C(CS)CCCc1ccccc1. The number of carbonyl (C=O) groups excluding carboxylic acids is 1. The van der Waals surface area contributed by atoms with Gasteiger partial charge in [0.1, 0.15) is 0 Å². The number of benzene rings is 2. The molecule has 0 saturated heterocycles. The van der Waals surface area contributed by atoms with Crippen LogP contribution in [0.25, 0.3) is 0 Å². The summed E-state index contributed by atoms with van der Waals surface area (Å²) in [5, 5.41) is 2.76. The van der Waals surface area contributed by atoms with Gasteiger partial charge in [-0.15, -0.1) is 0 Å². The zero-order valence-electron chi connectivity index (χ0n) is 13.6. The van der Waals surface area contributed by atoms with Crippen LogP contribution in [0.5, 0.6) is 0 Å². The lowest BCUT2D eigenvalue weighted by molar-refractivity contribution is -0.119. The van der Waals surface area contributed by atoms with Gasteiger partial charge in [-0.2, -0.15) is 21.0 Å². The highest BCUT2D eigenvalue weighted by atomic mass is 32.2. The van der Waals surface area contributed by atoms with Gasteiger partial charge in [-0.05, 0) is 49.1 Å². The Labute approximate surface area is 153 Å². The number of rotatable bonds is 8. The highest BCUT2D eigenvalue weighted by Gasteiger charge is 2.17. The largest absolute Gasteiger partial charge is 0.326 e. The van der Waals surface area contributed by atoms with Gasteiger partial charge < -0.3 is 5.32 Å². The van der Waals surface area contributed by atoms with Gasteiger partial charge in [0.2, 0.25) is 5.91 Å². The van der Waals surface area contributed by atoms with Crippen molar-refractivity contribution in [2.45, 2.75) is 24.2 Å². The van der Waals surface area contributed by atoms with Crippen molar-refractivity contribution in [3.05, 3.63) is 60.2 Å². The Hall–Kier alpha value is -1.83. The van der Waals surface area contributed by atoms with E-state index in [0.29, 0.717) is 17.9 Å². The molecule has 1 unspecified atom stereocenters. The first kappa shape index (κ1) is 19.5. The van der Waals surface area contributed by atoms with Crippen LogP contribution in [-0.4, -0.2) is 24.6 Å². The number of thiol groups is 1. The molecule has 0 saturated carbocycles. The number of hydrogen-bond acceptors (Lipinski definition) is 4. The summed E-state index contributed by atoms with van der Waals surface area (Å²) in [7, 11) is -4.23. The predicted molar refractivity (Wildman–Crippen MR) is 102 cm³/mol. The van der Waals surface area contributed by atoms with Crippen LogP contribution in [0.2, 0.25) is 0 Å². The molecule has 0 aliphatic carbocycles. The van der Waals surface area contributed by atoms with E-state index in [1.165, 1.54) is 29.8 Å². The highest BCUT2D eigenvalue weighted by Crippen LogP contribution is 2.17. The van der Waals surface area contributed by atoms with Gasteiger partial charge in [-0.1, -0.05) is 30.3 Å². The first-order valence-electron chi connectivity index (χ1n) is 7.93. The van der Waals surface area contributed by atoms with Crippen molar-refractivity contribution >= 4 is 34.3 Å². The van der Waals surface area contributed by atoms with E-state index in [9.17, 15) is 13.2 Å². The van der Waals surface area contributed by atoms with Crippen LogP contribution in [0, 0.1) is 5.92 Å². The lowest BCUT2D eigenvalue weighted by Gasteiger charge is -2.15. The molecule has 2 rings (SSSR count). The summed E-state index contributed by atoms with van der Waals surface area (Å²) in [6.07, 6.45) is 2.50. The quantitative estimate of drug-likeness (QED) is 0.485. The number of amides is 1. The van der Waals surface area contributed by atoms with E-state index >= 15 is 0 Å². The molecule has 0 fully saturated rings. The number of anilines is 1. The number of hydrogen-bond donors (Lipinski definition) is 3. The molecule has 2 aromatic carbocycles. The molecule has 0 spiro atoms. The van der Waals surface area contributed by atoms with Gasteiger partial charge in [-0.3, -0.25) is 9.35 Å². The fourth-order valence-electron chi connectivity index (χ4n) is 2.46. The molecule has 0 bridgehead atoms. The third-order valence-corrected chi connectivity index (χ3v) is 5.18. The molecule has 2 N–H and O–H groups in total. The summed E-state index contributed by atoms with van der Waals surface area (Å²) in [5.74, 6) is 0.0555. The van der Waals surface area contributed by atoms with Crippen LogP contribution >= 0.6 is 12.6 Å². The van der Waals surface area contributed by atoms with E-state index in [1.807, 2.05) is 18.2 Å². The number of nitrogens with one attached hydrogen (secondary N) is 1. The predicted octanol–water partition coefficient (Wildman–Crippen LogP) is 3.44. The molecule has 7 heteroatoms. The number of aryl methyl sites for hydroxylation is 1. The first-order chi connectivity index (χ1) is 11.9. The summed E-state index contributed by atoms with van der Waals surface area (Å²) >= 11 is 4.26. The fraction of sp³-hybridized carbons (Fsp3) is 0.278. The van der Waals surface area contributed by atoms with E-state index in [2.05, 4.69) is 30.1 Å². The molecule has 1 atom stereocenters. The van der Waals surface area contributed by atoms with Crippen molar-refractivity contribution in [1.82, 2.24) is 0 Å². The minimum Gasteiger partial charge on any atom is -0.326 e. The van der Waals surface area contributed by atoms with Gasteiger partial charge in [0.25, 0.3) is 10.1 Å². The Balaban J connectivity index is 1.88. The standard InChI is InChI=1S/C18H21NO4S2/c20-18(19-16-9-11-17(12-10-16)25(21,22)23)15(13-24)8-4-7-14-5-2-1-3-6-14/h1-3,5-6,9-12,15,24H,4,7-8,13H2,(H,19,20)(H,21,22,23). The van der Waals surface area contributed by atoms with Crippen molar-refractivity contribution in [3.8, 4) is 0 Å². The summed E-state index contributed by atoms with van der Waals surface area (Å²) in [6, 6.07) is 15.5. The van der Waals surface area contributed by atoms with Crippen LogP contribution in [0.15, 0.2) is 59.5 Å². The molecule has 134 valence electrons. The van der Waals surface area contributed by atoms with Crippen LogP contribution in [0.1, 0.15) is 18.4 Å². The van der Waals surface area contributed by atoms with E-state index < -0.39 is 10.1 Å². The topological polar surface area (TPSA) is 83.5 Å². The van der Waals surface area contributed by atoms with Gasteiger partial charge in [0.05, 0.1) is 4.90 Å². The Morgan fingerprint density at radius 3 is 2.28 bits per heavy atom. The number of carbonyl (C=O) groups is 1. The molecule has 0 heterocycles. The van der Waals surface area contributed by atoms with E-state index in [4.69, 9.17) is 4.55 Å². The monoisotopic (exact) mass is 379 g/mol. The molecule has 0 aliphatic heterocycles. The molecule has 0 radical (unpaired) electrons. The van der Waals surface area contributed by atoms with Gasteiger partial charge in [0.15, 0.2) is 0 Å². The molecule has 0 aliphatic rings. The summed E-state index contributed by atoms with van der Waals surface area (Å²) < 4.78 is 31.0. The first-order valence-corrected chi connectivity index (χ1v) is 10.0. The maximum Gasteiger partial charge on any atom is 0.294 e. The second-order valence-corrected chi connectivity index (χ2v) is 7.53. The van der Waals surface area contributed by atoms with Crippen molar-refractivity contribution in [1.29, 1.82) is 0 Å². The lowest BCUT2D eigenvalue weighted by Crippen LogP contribution is -2.24. The Morgan fingerprint density at radius 2 is 1.72 bits per heavy atom. The normalized spacial score (nSPS) is 12.6. The van der Waals surface area contributed by atoms with Crippen molar-refractivity contribution in [2.75, 3.05) is 11.1 Å².